The SMILES string of the molecule is O=C(O)Cn1nnnc1COc1ccccc1Cl. The highest BCUT2D eigenvalue weighted by Gasteiger charge is 2.10. The Hall–Kier alpha value is -2.15. The zero-order valence-corrected chi connectivity index (χ0v) is 9.91. The fraction of sp³-hybridized carbons (Fsp3) is 0.200. The quantitative estimate of drug-likeness (QED) is 0.870. The lowest BCUT2D eigenvalue weighted by Gasteiger charge is -2.06. The van der Waals surface area contributed by atoms with Gasteiger partial charge in [0.1, 0.15) is 18.9 Å². The first-order chi connectivity index (χ1) is 8.66. The number of ether oxygens (including phenoxy) is 1. The van der Waals surface area contributed by atoms with E-state index < -0.39 is 5.97 Å². The monoisotopic (exact) mass is 268 g/mol. The highest BCUT2D eigenvalue weighted by atomic mass is 35.5. The molecule has 2 rings (SSSR count). The molecular weight excluding hydrogens is 260 g/mol. The maximum atomic E-state index is 10.6. The van der Waals surface area contributed by atoms with Crippen molar-refractivity contribution in [3.63, 3.8) is 0 Å². The average molecular weight is 269 g/mol. The van der Waals surface area contributed by atoms with Gasteiger partial charge in [-0.15, -0.1) is 5.10 Å². The normalized spacial score (nSPS) is 10.3. The summed E-state index contributed by atoms with van der Waals surface area (Å²) in [5, 5.41) is 19.8. The molecule has 94 valence electrons. The molecule has 0 spiro atoms. The zero-order valence-electron chi connectivity index (χ0n) is 9.15. The standard InChI is InChI=1S/C10H9ClN4O3/c11-7-3-1-2-4-8(7)18-6-9-12-13-14-15(9)5-10(16)17/h1-4H,5-6H2,(H,16,17). The number of aromatic nitrogens is 4. The van der Waals surface area contributed by atoms with Gasteiger partial charge >= 0.3 is 5.97 Å². The number of hydrogen-bond donors (Lipinski definition) is 1. The fourth-order valence-corrected chi connectivity index (χ4v) is 1.47. The van der Waals surface area contributed by atoms with Crippen LogP contribution in [0.3, 0.4) is 0 Å². The van der Waals surface area contributed by atoms with Crippen molar-refractivity contribution in [1.82, 2.24) is 20.2 Å². The number of nitrogens with zero attached hydrogens (tertiary/aromatic N) is 4. The number of aliphatic carboxylic acids is 1. The molecule has 0 aliphatic carbocycles. The summed E-state index contributed by atoms with van der Waals surface area (Å²) >= 11 is 5.91. The topological polar surface area (TPSA) is 90.1 Å². The number of rotatable bonds is 5. The van der Waals surface area contributed by atoms with Crippen LogP contribution in [0.5, 0.6) is 5.75 Å². The Morgan fingerprint density at radius 2 is 2.22 bits per heavy atom. The number of carboxylic acid groups (broad SMARTS) is 1. The molecule has 1 aromatic carbocycles. The van der Waals surface area contributed by atoms with Crippen LogP contribution in [-0.2, 0) is 17.9 Å². The summed E-state index contributed by atoms with van der Waals surface area (Å²) in [6, 6.07) is 6.95. The second kappa shape index (κ2) is 5.46. The van der Waals surface area contributed by atoms with E-state index in [9.17, 15) is 4.79 Å². The highest BCUT2D eigenvalue weighted by Crippen LogP contribution is 2.23. The van der Waals surface area contributed by atoms with Crippen molar-refractivity contribution in [3.05, 3.63) is 35.1 Å². The summed E-state index contributed by atoms with van der Waals surface area (Å²) in [5.74, 6) is -0.220. The molecule has 0 amide bonds. The predicted octanol–water partition coefficient (Wildman–Crippen LogP) is 0.990. The Bertz CT molecular complexity index is 558. The second-order valence-electron chi connectivity index (χ2n) is 3.37. The van der Waals surface area contributed by atoms with Gasteiger partial charge in [0.2, 0.25) is 0 Å². The van der Waals surface area contributed by atoms with E-state index in [4.69, 9.17) is 21.4 Å². The van der Waals surface area contributed by atoms with Crippen molar-refractivity contribution in [2.75, 3.05) is 0 Å². The second-order valence-corrected chi connectivity index (χ2v) is 3.77. The number of tetrazole rings is 1. The summed E-state index contributed by atoms with van der Waals surface area (Å²) < 4.78 is 6.57. The van der Waals surface area contributed by atoms with E-state index in [-0.39, 0.29) is 13.2 Å². The van der Waals surface area contributed by atoms with Crippen molar-refractivity contribution in [2.24, 2.45) is 0 Å². The third-order valence-electron chi connectivity index (χ3n) is 2.08. The van der Waals surface area contributed by atoms with Gasteiger partial charge in [0.05, 0.1) is 5.02 Å². The van der Waals surface area contributed by atoms with Gasteiger partial charge in [0, 0.05) is 0 Å². The van der Waals surface area contributed by atoms with Crippen molar-refractivity contribution in [2.45, 2.75) is 13.2 Å². The van der Waals surface area contributed by atoms with Crippen LogP contribution in [0.15, 0.2) is 24.3 Å². The molecule has 0 aliphatic rings. The third kappa shape index (κ3) is 2.95. The maximum Gasteiger partial charge on any atom is 0.325 e. The van der Waals surface area contributed by atoms with Crippen LogP contribution in [0.25, 0.3) is 0 Å². The van der Waals surface area contributed by atoms with E-state index in [1.165, 1.54) is 0 Å². The van der Waals surface area contributed by atoms with Crippen LogP contribution >= 0.6 is 11.6 Å². The fourth-order valence-electron chi connectivity index (χ4n) is 1.28. The molecule has 0 radical (unpaired) electrons. The van der Waals surface area contributed by atoms with Crippen LogP contribution in [0.2, 0.25) is 5.02 Å². The Labute approximate surface area is 107 Å². The molecular formula is C10H9ClN4O3. The number of carboxylic acids is 1. The number of halogens is 1. The lowest BCUT2D eigenvalue weighted by atomic mass is 10.3. The Kier molecular flexibility index (Phi) is 3.73. The zero-order chi connectivity index (χ0) is 13.0. The molecule has 7 nitrogen and oxygen atoms in total. The third-order valence-corrected chi connectivity index (χ3v) is 2.40. The lowest BCUT2D eigenvalue weighted by molar-refractivity contribution is -0.138. The summed E-state index contributed by atoms with van der Waals surface area (Å²) in [4.78, 5) is 10.6. The highest BCUT2D eigenvalue weighted by molar-refractivity contribution is 6.32. The van der Waals surface area contributed by atoms with Gasteiger partial charge in [-0.25, -0.2) is 4.68 Å². The molecule has 8 heteroatoms. The Morgan fingerprint density at radius 3 is 2.94 bits per heavy atom. The Morgan fingerprint density at radius 1 is 1.44 bits per heavy atom. The summed E-state index contributed by atoms with van der Waals surface area (Å²) in [6.45, 7) is -0.266. The van der Waals surface area contributed by atoms with Gasteiger partial charge < -0.3 is 9.84 Å². The van der Waals surface area contributed by atoms with Crippen molar-refractivity contribution >= 4 is 17.6 Å². The minimum absolute atomic E-state index is 0.0456. The van der Waals surface area contributed by atoms with E-state index in [1.54, 1.807) is 24.3 Å². The van der Waals surface area contributed by atoms with Gasteiger partial charge in [0.25, 0.3) is 0 Å². The molecule has 2 aromatic rings. The molecule has 0 unspecified atom stereocenters. The van der Waals surface area contributed by atoms with E-state index in [1.807, 2.05) is 0 Å². The van der Waals surface area contributed by atoms with Crippen LogP contribution in [-0.4, -0.2) is 31.3 Å². The minimum atomic E-state index is -1.03. The molecule has 0 aliphatic heterocycles. The van der Waals surface area contributed by atoms with Crippen molar-refractivity contribution in [3.8, 4) is 5.75 Å². The van der Waals surface area contributed by atoms with Gasteiger partial charge in [-0.1, -0.05) is 23.7 Å². The van der Waals surface area contributed by atoms with Gasteiger partial charge in [0.15, 0.2) is 5.82 Å². The molecule has 0 bridgehead atoms. The number of benzene rings is 1. The molecule has 0 atom stereocenters. The molecule has 0 fully saturated rings. The van der Waals surface area contributed by atoms with Crippen LogP contribution in [0, 0.1) is 0 Å². The number of hydrogen-bond acceptors (Lipinski definition) is 5. The Balaban J connectivity index is 2.05. The molecule has 0 saturated carbocycles. The van der Waals surface area contributed by atoms with Crippen LogP contribution in [0.1, 0.15) is 5.82 Å². The van der Waals surface area contributed by atoms with E-state index in [0.29, 0.717) is 16.6 Å². The van der Waals surface area contributed by atoms with Crippen LogP contribution in [0.4, 0.5) is 0 Å². The van der Waals surface area contributed by atoms with Crippen molar-refractivity contribution in [1.29, 1.82) is 0 Å². The van der Waals surface area contributed by atoms with Crippen molar-refractivity contribution < 1.29 is 14.6 Å². The molecule has 1 N–H and O–H groups in total. The maximum absolute atomic E-state index is 10.6. The van der Waals surface area contributed by atoms with Gasteiger partial charge in [-0.3, -0.25) is 4.79 Å². The summed E-state index contributed by atoms with van der Waals surface area (Å²) in [5.41, 5.74) is 0. The first-order valence-corrected chi connectivity index (χ1v) is 5.39. The number of para-hydroxylation sites is 1. The van der Waals surface area contributed by atoms with E-state index >= 15 is 0 Å². The van der Waals surface area contributed by atoms with Gasteiger partial charge in [-0.2, -0.15) is 0 Å². The minimum Gasteiger partial charge on any atom is -0.484 e. The number of carbonyl (C=O) groups is 1. The van der Waals surface area contributed by atoms with Gasteiger partial charge in [-0.05, 0) is 22.6 Å². The largest absolute Gasteiger partial charge is 0.484 e. The van der Waals surface area contributed by atoms with Crippen LogP contribution < -0.4 is 4.74 Å². The predicted molar refractivity (Wildman–Crippen MR) is 61.2 cm³/mol. The summed E-state index contributed by atoms with van der Waals surface area (Å²) in [7, 11) is 0. The first-order valence-electron chi connectivity index (χ1n) is 5.01. The first kappa shape index (κ1) is 12.3. The van der Waals surface area contributed by atoms with E-state index in [2.05, 4.69) is 15.5 Å². The average Bonchev–Trinajstić information content (AvgIpc) is 2.75. The molecule has 0 saturated heterocycles. The van der Waals surface area contributed by atoms with E-state index in [0.717, 1.165) is 4.68 Å². The molecule has 1 aromatic heterocycles. The molecule has 18 heavy (non-hydrogen) atoms. The lowest BCUT2D eigenvalue weighted by Crippen LogP contribution is -2.15. The summed E-state index contributed by atoms with van der Waals surface area (Å²) in [6.07, 6.45) is 0. The molecule has 1 heterocycles. The smallest absolute Gasteiger partial charge is 0.325 e.